The molecule has 1 aromatic rings. The lowest BCUT2D eigenvalue weighted by Crippen LogP contribution is -2.70. The number of hydrogen-bond acceptors (Lipinski definition) is 5. The van der Waals surface area contributed by atoms with Crippen molar-refractivity contribution < 1.29 is 29.4 Å². The first-order valence-electron chi connectivity index (χ1n) is 7.96. The first-order chi connectivity index (χ1) is 12.1. The van der Waals surface area contributed by atoms with Crippen LogP contribution in [0, 0.1) is 0 Å². The average Bonchev–Trinajstić information content (AvgIpc) is 2.81. The fourth-order valence-electron chi connectivity index (χ4n) is 3.37. The van der Waals surface area contributed by atoms with Gasteiger partial charge in [0.15, 0.2) is 0 Å². The predicted molar refractivity (Wildman–Crippen MR) is 92.8 cm³/mol. The van der Waals surface area contributed by atoms with Crippen LogP contribution in [0.25, 0.3) is 0 Å². The summed E-state index contributed by atoms with van der Waals surface area (Å²) in [6.45, 7) is 3.52. The van der Waals surface area contributed by atoms with Crippen LogP contribution in [0.3, 0.4) is 0 Å². The minimum atomic E-state index is -1.08. The van der Waals surface area contributed by atoms with Crippen molar-refractivity contribution >= 4 is 35.5 Å². The van der Waals surface area contributed by atoms with E-state index in [-0.39, 0.29) is 12.0 Å². The average molecular weight is 378 g/mol. The number of aromatic carboxylic acids is 1. The smallest absolute Gasteiger partial charge is 0.335 e. The van der Waals surface area contributed by atoms with Gasteiger partial charge in [-0.05, 0) is 31.5 Å². The highest BCUT2D eigenvalue weighted by atomic mass is 32.2. The molecule has 8 nitrogen and oxygen atoms in total. The van der Waals surface area contributed by atoms with Crippen molar-refractivity contribution in [3.8, 4) is 0 Å². The van der Waals surface area contributed by atoms with E-state index in [9.17, 15) is 24.3 Å². The van der Waals surface area contributed by atoms with Crippen LogP contribution in [0.5, 0.6) is 0 Å². The molecule has 3 N–H and O–H groups in total. The highest BCUT2D eigenvalue weighted by Crippen LogP contribution is 2.50. The molecule has 138 valence electrons. The number of nitrogens with zero attached hydrogens (tertiary/aromatic N) is 1. The second-order valence-electron chi connectivity index (χ2n) is 6.83. The maximum Gasteiger partial charge on any atom is 0.335 e. The highest BCUT2D eigenvalue weighted by Gasteiger charge is 2.64. The molecule has 1 aromatic carbocycles. The van der Waals surface area contributed by atoms with Crippen molar-refractivity contribution in [1.82, 2.24) is 10.2 Å². The van der Waals surface area contributed by atoms with Gasteiger partial charge in [-0.1, -0.05) is 12.1 Å². The van der Waals surface area contributed by atoms with E-state index in [1.165, 1.54) is 28.8 Å². The number of benzene rings is 1. The first-order valence-corrected chi connectivity index (χ1v) is 8.84. The lowest BCUT2D eigenvalue weighted by Gasteiger charge is -2.43. The van der Waals surface area contributed by atoms with E-state index in [0.29, 0.717) is 5.56 Å². The molecule has 0 aromatic heterocycles. The molecule has 2 amide bonds. The second kappa shape index (κ2) is 6.31. The van der Waals surface area contributed by atoms with E-state index in [1.54, 1.807) is 26.0 Å². The predicted octanol–water partition coefficient (Wildman–Crippen LogP) is 0.559. The minimum Gasteiger partial charge on any atom is -0.480 e. The number of aliphatic carboxylic acids is 1. The number of hydrogen-bond donors (Lipinski definition) is 3. The van der Waals surface area contributed by atoms with Gasteiger partial charge in [-0.15, -0.1) is 11.8 Å². The van der Waals surface area contributed by atoms with E-state index in [4.69, 9.17) is 5.11 Å². The van der Waals surface area contributed by atoms with Crippen molar-refractivity contribution in [2.45, 2.75) is 42.5 Å². The summed E-state index contributed by atoms with van der Waals surface area (Å²) in [5, 5.41) is 20.6. The van der Waals surface area contributed by atoms with Crippen molar-refractivity contribution in [1.29, 1.82) is 0 Å². The summed E-state index contributed by atoms with van der Waals surface area (Å²) in [6.07, 6.45) is -0.0615. The molecule has 0 aliphatic carbocycles. The van der Waals surface area contributed by atoms with Crippen LogP contribution in [0.4, 0.5) is 0 Å². The highest BCUT2D eigenvalue weighted by molar-refractivity contribution is 8.01. The summed E-state index contributed by atoms with van der Waals surface area (Å²) in [5.74, 6) is -2.97. The Morgan fingerprint density at radius 2 is 1.96 bits per heavy atom. The normalized spacial score (nSPS) is 26.0. The van der Waals surface area contributed by atoms with Crippen LogP contribution >= 0.6 is 11.8 Å². The summed E-state index contributed by atoms with van der Waals surface area (Å²) in [5.41, 5.74) is 0.604. The molecule has 0 radical (unpaired) electrons. The van der Waals surface area contributed by atoms with Gasteiger partial charge in [0, 0.05) is 4.75 Å². The van der Waals surface area contributed by atoms with E-state index in [1.807, 2.05) is 0 Å². The van der Waals surface area contributed by atoms with Crippen LogP contribution in [-0.2, 0) is 20.8 Å². The number of rotatable bonds is 5. The molecular formula is C17H18N2O6S. The third-order valence-electron chi connectivity index (χ3n) is 4.53. The summed E-state index contributed by atoms with van der Waals surface area (Å²) >= 11 is 1.35. The van der Waals surface area contributed by atoms with Crippen LogP contribution in [0.1, 0.15) is 29.8 Å². The Kier molecular flexibility index (Phi) is 4.43. The largest absolute Gasteiger partial charge is 0.480 e. The quantitative estimate of drug-likeness (QED) is 0.640. The molecule has 1 unspecified atom stereocenters. The lowest BCUT2D eigenvalue weighted by molar-refractivity contribution is -0.161. The lowest BCUT2D eigenvalue weighted by atomic mass is 9.96. The number of carboxylic acid groups (broad SMARTS) is 2. The molecule has 26 heavy (non-hydrogen) atoms. The van der Waals surface area contributed by atoms with Crippen LogP contribution in [-0.4, -0.2) is 61.1 Å². The number of carbonyl (C=O) groups is 4. The number of nitrogens with one attached hydrogen (secondary N) is 1. The molecule has 2 aliphatic heterocycles. The first kappa shape index (κ1) is 18.2. The van der Waals surface area contributed by atoms with Crippen LogP contribution in [0.2, 0.25) is 0 Å². The van der Waals surface area contributed by atoms with E-state index >= 15 is 0 Å². The zero-order valence-electron chi connectivity index (χ0n) is 14.1. The maximum atomic E-state index is 12.3. The summed E-state index contributed by atoms with van der Waals surface area (Å²) in [4.78, 5) is 48.3. The van der Waals surface area contributed by atoms with Gasteiger partial charge in [0.25, 0.3) is 0 Å². The van der Waals surface area contributed by atoms with Crippen molar-refractivity contribution in [3.63, 3.8) is 0 Å². The van der Waals surface area contributed by atoms with Gasteiger partial charge < -0.3 is 20.4 Å². The van der Waals surface area contributed by atoms with Crippen molar-refractivity contribution in [2.75, 3.05) is 0 Å². The number of amides is 2. The van der Waals surface area contributed by atoms with Gasteiger partial charge in [0.2, 0.25) is 11.8 Å². The van der Waals surface area contributed by atoms with Gasteiger partial charge in [-0.3, -0.25) is 9.59 Å². The summed E-state index contributed by atoms with van der Waals surface area (Å²) in [7, 11) is 0. The molecular weight excluding hydrogens is 360 g/mol. The molecule has 3 rings (SSSR count). The van der Waals surface area contributed by atoms with Crippen molar-refractivity contribution in [2.24, 2.45) is 0 Å². The Hall–Kier alpha value is -2.55. The Morgan fingerprint density at radius 3 is 2.58 bits per heavy atom. The number of fused-ring (bicyclic) bond motifs is 1. The number of thioether (sulfide) groups is 1. The number of carboxylic acids is 2. The van der Waals surface area contributed by atoms with Crippen molar-refractivity contribution in [3.05, 3.63) is 35.4 Å². The van der Waals surface area contributed by atoms with Gasteiger partial charge in [-0.2, -0.15) is 0 Å². The zero-order valence-corrected chi connectivity index (χ0v) is 14.9. The zero-order chi connectivity index (χ0) is 19.2. The number of carbonyl (C=O) groups excluding carboxylic acids is 2. The molecule has 2 heterocycles. The molecule has 0 spiro atoms. The maximum absolute atomic E-state index is 12.3. The summed E-state index contributed by atoms with van der Waals surface area (Å²) in [6, 6.07) is 4.33. The molecule has 0 bridgehead atoms. The SMILES string of the molecule is CC1(C)S[C@H]2[C@H](NC(=O)Cc3cccc(C(=O)O)c3)C(=O)N2C1C(=O)O. The standard InChI is InChI=1S/C17H18N2O6S/c1-17(2)12(16(24)25)19-13(21)11(14(19)26-17)18-10(20)7-8-4-3-5-9(6-8)15(22)23/h3-6,11-12,14H,7H2,1-2H3,(H,18,20)(H,22,23)(H,24,25)/t11-,12?,14+/m1/s1. The minimum absolute atomic E-state index is 0.0615. The Labute approximate surface area is 153 Å². The van der Waals surface area contributed by atoms with E-state index in [0.717, 1.165) is 0 Å². The third-order valence-corrected chi connectivity index (χ3v) is 6.10. The molecule has 0 saturated carbocycles. The molecule has 3 atom stereocenters. The molecule has 2 fully saturated rings. The fourth-order valence-corrected chi connectivity index (χ4v) is 4.99. The monoisotopic (exact) mass is 378 g/mol. The number of β-lactam (4-membered cyclic amide) rings is 1. The van der Waals surface area contributed by atoms with Gasteiger partial charge in [0.05, 0.1) is 12.0 Å². The topological polar surface area (TPSA) is 124 Å². The van der Waals surface area contributed by atoms with E-state index < -0.39 is 46.0 Å². The third kappa shape index (κ3) is 3.03. The molecule has 2 aliphatic rings. The second-order valence-corrected chi connectivity index (χ2v) is 8.60. The Bertz CT molecular complexity index is 808. The molecule has 9 heteroatoms. The van der Waals surface area contributed by atoms with Gasteiger partial charge >= 0.3 is 11.9 Å². The Morgan fingerprint density at radius 1 is 1.27 bits per heavy atom. The fraction of sp³-hybridized carbons (Fsp3) is 0.412. The van der Waals surface area contributed by atoms with Crippen LogP contribution < -0.4 is 5.32 Å². The Balaban J connectivity index is 1.67. The summed E-state index contributed by atoms with van der Waals surface area (Å²) < 4.78 is -0.651. The van der Waals surface area contributed by atoms with E-state index in [2.05, 4.69) is 5.32 Å². The van der Waals surface area contributed by atoms with Gasteiger partial charge in [-0.25, -0.2) is 9.59 Å². The van der Waals surface area contributed by atoms with Gasteiger partial charge in [0.1, 0.15) is 17.5 Å². The molecule has 2 saturated heterocycles. The van der Waals surface area contributed by atoms with Crippen LogP contribution in [0.15, 0.2) is 24.3 Å².